The molecule has 3 rings (SSSR count). The Bertz CT molecular complexity index is 499. The summed E-state index contributed by atoms with van der Waals surface area (Å²) in [5.41, 5.74) is 1.43. The number of benzene rings is 1. The minimum Gasteiger partial charge on any atom is -0.481 e. The Morgan fingerprint density at radius 3 is 2.32 bits per heavy atom. The van der Waals surface area contributed by atoms with Gasteiger partial charge in [-0.25, -0.2) is 0 Å². The number of piperidine rings is 1. The molecule has 0 aromatic heterocycles. The maximum Gasteiger partial charge on any atom is 0.306 e. The number of hydrogen-bond acceptors (Lipinski definition) is 2. The highest BCUT2D eigenvalue weighted by Crippen LogP contribution is 2.49. The zero-order valence-electron chi connectivity index (χ0n) is 13.6. The molecule has 3 heteroatoms. The number of aliphatic carboxylic acids is 1. The van der Waals surface area contributed by atoms with Crippen LogP contribution in [0.15, 0.2) is 30.3 Å². The average molecular weight is 301 g/mol. The van der Waals surface area contributed by atoms with Gasteiger partial charge in [-0.3, -0.25) is 4.79 Å². The standard InChI is InChI=1S/C19H27NO2/c1-3-17(19(21)22)18-15-9-14(13-7-5-4-6-8-13)10-16(18)12-20(2)11-15/h4-8,14-18H,3,9-12H2,1-2H3,(H,21,22). The molecule has 1 N–H and O–H groups in total. The van der Waals surface area contributed by atoms with Gasteiger partial charge in [0, 0.05) is 13.1 Å². The monoisotopic (exact) mass is 301 g/mol. The first-order chi connectivity index (χ1) is 10.6. The second-order valence-corrected chi connectivity index (χ2v) is 7.25. The number of nitrogens with zero attached hydrogens (tertiary/aromatic N) is 1. The predicted octanol–water partition coefficient (Wildman–Crippen LogP) is 3.47. The number of carbonyl (C=O) groups is 1. The Morgan fingerprint density at radius 1 is 1.23 bits per heavy atom. The van der Waals surface area contributed by atoms with Crippen molar-refractivity contribution in [2.75, 3.05) is 20.1 Å². The minimum atomic E-state index is -0.592. The topological polar surface area (TPSA) is 40.5 Å². The van der Waals surface area contributed by atoms with Crippen LogP contribution in [-0.4, -0.2) is 36.1 Å². The molecule has 1 aliphatic heterocycles. The first kappa shape index (κ1) is 15.5. The average Bonchev–Trinajstić information content (AvgIpc) is 2.48. The van der Waals surface area contributed by atoms with Crippen LogP contribution in [0.25, 0.3) is 0 Å². The molecule has 0 radical (unpaired) electrons. The van der Waals surface area contributed by atoms with E-state index in [-0.39, 0.29) is 5.92 Å². The lowest BCUT2D eigenvalue weighted by Gasteiger charge is -2.51. The van der Waals surface area contributed by atoms with E-state index in [4.69, 9.17) is 0 Å². The molecule has 1 aromatic rings. The highest BCUT2D eigenvalue weighted by Gasteiger charge is 2.47. The van der Waals surface area contributed by atoms with Crippen molar-refractivity contribution < 1.29 is 9.90 Å². The second-order valence-electron chi connectivity index (χ2n) is 7.25. The molecule has 0 spiro atoms. The first-order valence-corrected chi connectivity index (χ1v) is 8.56. The largest absolute Gasteiger partial charge is 0.481 e. The lowest BCUT2D eigenvalue weighted by atomic mass is 9.59. The number of rotatable bonds is 4. The van der Waals surface area contributed by atoms with E-state index in [1.165, 1.54) is 5.56 Å². The smallest absolute Gasteiger partial charge is 0.306 e. The summed E-state index contributed by atoms with van der Waals surface area (Å²) in [5, 5.41) is 9.62. The van der Waals surface area contributed by atoms with Gasteiger partial charge in [-0.2, -0.15) is 0 Å². The molecule has 3 nitrogen and oxygen atoms in total. The lowest BCUT2D eigenvalue weighted by Crippen LogP contribution is -2.52. The van der Waals surface area contributed by atoms with Crippen LogP contribution in [0.3, 0.4) is 0 Å². The Labute approximate surface area is 133 Å². The van der Waals surface area contributed by atoms with Gasteiger partial charge in [0.15, 0.2) is 0 Å². The summed E-state index contributed by atoms with van der Waals surface area (Å²) in [5.74, 6) is 1.24. The highest BCUT2D eigenvalue weighted by molar-refractivity contribution is 5.70. The summed E-state index contributed by atoms with van der Waals surface area (Å²) in [6.07, 6.45) is 3.03. The van der Waals surface area contributed by atoms with Crippen LogP contribution in [-0.2, 0) is 4.79 Å². The molecule has 2 bridgehead atoms. The van der Waals surface area contributed by atoms with E-state index in [9.17, 15) is 9.90 Å². The summed E-state index contributed by atoms with van der Waals surface area (Å²) in [7, 11) is 2.18. The third kappa shape index (κ3) is 2.91. The molecule has 1 heterocycles. The van der Waals surface area contributed by atoms with Crippen molar-refractivity contribution in [3.8, 4) is 0 Å². The molecule has 0 amide bonds. The van der Waals surface area contributed by atoms with Crippen molar-refractivity contribution in [1.29, 1.82) is 0 Å². The van der Waals surface area contributed by atoms with E-state index in [0.717, 1.165) is 32.4 Å². The summed E-state index contributed by atoms with van der Waals surface area (Å²) in [4.78, 5) is 14.1. The van der Waals surface area contributed by atoms with Crippen molar-refractivity contribution >= 4 is 5.97 Å². The van der Waals surface area contributed by atoms with E-state index in [1.54, 1.807) is 0 Å². The van der Waals surface area contributed by atoms with E-state index in [0.29, 0.717) is 23.7 Å². The van der Waals surface area contributed by atoms with Gasteiger partial charge >= 0.3 is 5.97 Å². The van der Waals surface area contributed by atoms with Crippen LogP contribution in [0.1, 0.15) is 37.7 Å². The number of hydrogen-bond donors (Lipinski definition) is 1. The van der Waals surface area contributed by atoms with Crippen molar-refractivity contribution in [2.24, 2.45) is 23.7 Å². The fourth-order valence-corrected chi connectivity index (χ4v) is 5.06. The van der Waals surface area contributed by atoms with Gasteiger partial charge in [-0.15, -0.1) is 0 Å². The lowest BCUT2D eigenvalue weighted by molar-refractivity contribution is -0.148. The number of carboxylic acids is 1. The van der Waals surface area contributed by atoms with Crippen LogP contribution >= 0.6 is 0 Å². The molecule has 1 saturated carbocycles. The molecule has 1 saturated heterocycles. The predicted molar refractivity (Wildman–Crippen MR) is 87.8 cm³/mol. The Morgan fingerprint density at radius 2 is 1.82 bits per heavy atom. The summed E-state index contributed by atoms with van der Waals surface area (Å²) in [6.45, 7) is 4.13. The van der Waals surface area contributed by atoms with Gasteiger partial charge in [0.2, 0.25) is 0 Å². The molecule has 2 fully saturated rings. The third-order valence-corrected chi connectivity index (χ3v) is 5.85. The van der Waals surface area contributed by atoms with Gasteiger partial charge in [-0.1, -0.05) is 37.3 Å². The fourth-order valence-electron chi connectivity index (χ4n) is 5.06. The molecule has 22 heavy (non-hydrogen) atoms. The van der Waals surface area contributed by atoms with Crippen molar-refractivity contribution in [3.05, 3.63) is 35.9 Å². The molecule has 120 valence electrons. The third-order valence-electron chi connectivity index (χ3n) is 5.85. The SMILES string of the molecule is CCC(C(=O)O)C1C2CC(c3ccccc3)CC1CN(C)C2. The summed E-state index contributed by atoms with van der Waals surface area (Å²) < 4.78 is 0. The van der Waals surface area contributed by atoms with Crippen LogP contribution < -0.4 is 0 Å². The molecule has 2 aliphatic rings. The number of likely N-dealkylation sites (tertiary alicyclic amines) is 1. The zero-order chi connectivity index (χ0) is 15.7. The van der Waals surface area contributed by atoms with Gasteiger partial charge in [0.1, 0.15) is 0 Å². The first-order valence-electron chi connectivity index (χ1n) is 8.56. The molecule has 3 unspecified atom stereocenters. The van der Waals surface area contributed by atoms with E-state index in [1.807, 2.05) is 6.92 Å². The van der Waals surface area contributed by atoms with Crippen LogP contribution in [0.5, 0.6) is 0 Å². The Hall–Kier alpha value is -1.35. The Balaban J connectivity index is 1.84. The van der Waals surface area contributed by atoms with Gasteiger partial charge in [0.25, 0.3) is 0 Å². The van der Waals surface area contributed by atoms with Crippen molar-refractivity contribution in [1.82, 2.24) is 4.90 Å². The number of carboxylic acid groups (broad SMARTS) is 1. The molecular weight excluding hydrogens is 274 g/mol. The maximum absolute atomic E-state index is 11.7. The van der Waals surface area contributed by atoms with Crippen molar-refractivity contribution in [3.63, 3.8) is 0 Å². The van der Waals surface area contributed by atoms with Crippen molar-refractivity contribution in [2.45, 2.75) is 32.1 Å². The molecule has 3 atom stereocenters. The Kier molecular flexibility index (Phi) is 4.53. The van der Waals surface area contributed by atoms with E-state index in [2.05, 4.69) is 42.3 Å². The van der Waals surface area contributed by atoms with Gasteiger partial charge in [0.05, 0.1) is 5.92 Å². The summed E-state index contributed by atoms with van der Waals surface area (Å²) in [6, 6.07) is 10.8. The van der Waals surface area contributed by atoms with Crippen LogP contribution in [0.4, 0.5) is 0 Å². The summed E-state index contributed by atoms with van der Waals surface area (Å²) >= 11 is 0. The molecule has 1 aliphatic carbocycles. The molecule has 1 aromatic carbocycles. The van der Waals surface area contributed by atoms with E-state index < -0.39 is 5.97 Å². The van der Waals surface area contributed by atoms with Crippen LogP contribution in [0, 0.1) is 23.7 Å². The number of fused-ring (bicyclic) bond motifs is 2. The quantitative estimate of drug-likeness (QED) is 0.925. The van der Waals surface area contributed by atoms with Crippen LogP contribution in [0.2, 0.25) is 0 Å². The zero-order valence-corrected chi connectivity index (χ0v) is 13.6. The fraction of sp³-hybridized carbons (Fsp3) is 0.632. The second kappa shape index (κ2) is 6.41. The maximum atomic E-state index is 11.7. The molecular formula is C19H27NO2. The normalized spacial score (nSPS) is 33.4. The highest BCUT2D eigenvalue weighted by atomic mass is 16.4. The van der Waals surface area contributed by atoms with E-state index >= 15 is 0 Å². The van der Waals surface area contributed by atoms with Gasteiger partial charge in [-0.05, 0) is 55.5 Å². The minimum absolute atomic E-state index is 0.166. The van der Waals surface area contributed by atoms with Gasteiger partial charge < -0.3 is 10.0 Å².